The van der Waals surface area contributed by atoms with E-state index in [1.54, 1.807) is 0 Å². The predicted octanol–water partition coefficient (Wildman–Crippen LogP) is 4.57. The number of hydrogen-bond acceptors (Lipinski definition) is 2. The SMILES string of the molecule is CC(N)c1ccc(OC2CCCCCC2)c(Br)c1. The van der Waals surface area contributed by atoms with Gasteiger partial charge in [0.15, 0.2) is 0 Å². The molecule has 1 fully saturated rings. The lowest BCUT2D eigenvalue weighted by Crippen LogP contribution is -2.15. The molecule has 1 aliphatic carbocycles. The van der Waals surface area contributed by atoms with E-state index in [2.05, 4.69) is 28.1 Å². The van der Waals surface area contributed by atoms with Gasteiger partial charge in [-0.05, 0) is 66.2 Å². The maximum Gasteiger partial charge on any atom is 0.133 e. The molecule has 1 aromatic rings. The molecule has 1 unspecified atom stereocenters. The molecule has 2 nitrogen and oxygen atoms in total. The van der Waals surface area contributed by atoms with Crippen molar-refractivity contribution in [2.24, 2.45) is 5.73 Å². The van der Waals surface area contributed by atoms with Crippen LogP contribution in [0.15, 0.2) is 22.7 Å². The van der Waals surface area contributed by atoms with E-state index in [-0.39, 0.29) is 6.04 Å². The van der Waals surface area contributed by atoms with Gasteiger partial charge in [0.1, 0.15) is 5.75 Å². The summed E-state index contributed by atoms with van der Waals surface area (Å²) < 4.78 is 7.13. The fourth-order valence-electron chi connectivity index (χ4n) is 2.44. The van der Waals surface area contributed by atoms with Crippen molar-refractivity contribution < 1.29 is 4.74 Å². The maximum atomic E-state index is 6.11. The Labute approximate surface area is 118 Å². The van der Waals surface area contributed by atoms with Gasteiger partial charge in [-0.1, -0.05) is 18.9 Å². The van der Waals surface area contributed by atoms with Crippen molar-refractivity contribution in [3.05, 3.63) is 28.2 Å². The summed E-state index contributed by atoms with van der Waals surface area (Å²) in [5, 5.41) is 0. The van der Waals surface area contributed by atoms with Gasteiger partial charge in [-0.2, -0.15) is 0 Å². The largest absolute Gasteiger partial charge is 0.489 e. The third-order valence-corrected chi connectivity index (χ3v) is 4.20. The zero-order valence-electron chi connectivity index (χ0n) is 11.0. The Hall–Kier alpha value is -0.540. The summed E-state index contributed by atoms with van der Waals surface area (Å²) in [7, 11) is 0. The first kappa shape index (κ1) is 13.9. The summed E-state index contributed by atoms with van der Waals surface area (Å²) in [6.07, 6.45) is 8.03. The minimum Gasteiger partial charge on any atom is -0.489 e. The minimum atomic E-state index is 0.0632. The van der Waals surface area contributed by atoms with Crippen molar-refractivity contribution in [2.75, 3.05) is 0 Å². The molecule has 1 saturated carbocycles. The van der Waals surface area contributed by atoms with Crippen LogP contribution in [-0.2, 0) is 0 Å². The fourth-order valence-corrected chi connectivity index (χ4v) is 2.93. The molecule has 0 bridgehead atoms. The van der Waals surface area contributed by atoms with Crippen molar-refractivity contribution in [1.29, 1.82) is 0 Å². The van der Waals surface area contributed by atoms with Gasteiger partial charge in [0.05, 0.1) is 10.6 Å². The van der Waals surface area contributed by atoms with Gasteiger partial charge < -0.3 is 10.5 Å². The molecule has 0 saturated heterocycles. The molecule has 3 heteroatoms. The highest BCUT2D eigenvalue weighted by Crippen LogP contribution is 2.31. The first-order valence-corrected chi connectivity index (χ1v) is 7.68. The number of hydrogen-bond donors (Lipinski definition) is 1. The average molecular weight is 312 g/mol. The van der Waals surface area contributed by atoms with Crippen molar-refractivity contribution in [3.63, 3.8) is 0 Å². The maximum absolute atomic E-state index is 6.11. The molecule has 1 aromatic carbocycles. The molecule has 0 spiro atoms. The lowest BCUT2D eigenvalue weighted by molar-refractivity contribution is 0.182. The van der Waals surface area contributed by atoms with Crippen LogP contribution in [0.4, 0.5) is 0 Å². The molecular formula is C15H22BrNO. The summed E-state index contributed by atoms with van der Waals surface area (Å²) in [6.45, 7) is 1.99. The van der Waals surface area contributed by atoms with Crippen LogP contribution in [0.5, 0.6) is 5.75 Å². The summed E-state index contributed by atoms with van der Waals surface area (Å²) in [5.74, 6) is 0.950. The molecule has 18 heavy (non-hydrogen) atoms. The molecular weight excluding hydrogens is 290 g/mol. The zero-order valence-corrected chi connectivity index (χ0v) is 12.6. The second-order valence-electron chi connectivity index (χ2n) is 5.21. The third kappa shape index (κ3) is 3.72. The normalized spacial score (nSPS) is 19.3. The Balaban J connectivity index is 2.04. The van der Waals surface area contributed by atoms with Crippen LogP contribution in [0.25, 0.3) is 0 Å². The van der Waals surface area contributed by atoms with Crippen LogP contribution >= 0.6 is 15.9 Å². The summed E-state index contributed by atoms with van der Waals surface area (Å²) >= 11 is 3.58. The van der Waals surface area contributed by atoms with Crippen molar-refractivity contribution in [3.8, 4) is 5.75 Å². The van der Waals surface area contributed by atoms with Gasteiger partial charge in [-0.15, -0.1) is 0 Å². The fraction of sp³-hybridized carbons (Fsp3) is 0.600. The van der Waals surface area contributed by atoms with E-state index in [0.29, 0.717) is 6.10 Å². The standard InChI is InChI=1S/C15H22BrNO/c1-11(17)12-8-9-15(14(16)10-12)18-13-6-4-2-3-5-7-13/h8-11,13H,2-7,17H2,1H3. The van der Waals surface area contributed by atoms with E-state index in [4.69, 9.17) is 10.5 Å². The van der Waals surface area contributed by atoms with Gasteiger partial charge in [-0.25, -0.2) is 0 Å². The van der Waals surface area contributed by atoms with Crippen LogP contribution < -0.4 is 10.5 Å². The molecule has 2 rings (SSSR count). The Morgan fingerprint density at radius 2 is 1.89 bits per heavy atom. The zero-order chi connectivity index (χ0) is 13.0. The molecule has 2 N–H and O–H groups in total. The quantitative estimate of drug-likeness (QED) is 0.830. The number of benzene rings is 1. The number of halogens is 1. The van der Waals surface area contributed by atoms with E-state index in [9.17, 15) is 0 Å². The van der Waals surface area contributed by atoms with Crippen molar-refractivity contribution in [1.82, 2.24) is 0 Å². The van der Waals surface area contributed by atoms with Crippen LogP contribution in [-0.4, -0.2) is 6.10 Å². The first-order valence-electron chi connectivity index (χ1n) is 6.88. The second kappa shape index (κ2) is 6.58. The highest BCUT2D eigenvalue weighted by Gasteiger charge is 2.15. The number of ether oxygens (including phenoxy) is 1. The Morgan fingerprint density at radius 3 is 2.44 bits per heavy atom. The van der Waals surface area contributed by atoms with Crippen molar-refractivity contribution >= 4 is 15.9 Å². The molecule has 0 aromatic heterocycles. The first-order chi connectivity index (χ1) is 8.66. The van der Waals surface area contributed by atoms with E-state index < -0.39 is 0 Å². The lowest BCUT2D eigenvalue weighted by atomic mass is 10.1. The van der Waals surface area contributed by atoms with E-state index in [1.165, 1.54) is 38.5 Å². The smallest absolute Gasteiger partial charge is 0.133 e. The van der Waals surface area contributed by atoms with E-state index in [0.717, 1.165) is 15.8 Å². The van der Waals surface area contributed by atoms with Gasteiger partial charge in [0.2, 0.25) is 0 Å². The lowest BCUT2D eigenvalue weighted by Gasteiger charge is -2.18. The molecule has 0 aliphatic heterocycles. The van der Waals surface area contributed by atoms with Crippen molar-refractivity contribution in [2.45, 2.75) is 57.6 Å². The molecule has 100 valence electrons. The summed E-state index contributed by atoms with van der Waals surface area (Å²) in [5.41, 5.74) is 7.01. The number of nitrogens with two attached hydrogens (primary N) is 1. The summed E-state index contributed by atoms with van der Waals surface area (Å²) in [4.78, 5) is 0. The van der Waals surface area contributed by atoms with Crippen LogP contribution in [0.3, 0.4) is 0 Å². The highest BCUT2D eigenvalue weighted by atomic mass is 79.9. The molecule has 1 aliphatic rings. The average Bonchev–Trinajstić information content (AvgIpc) is 2.60. The van der Waals surface area contributed by atoms with Gasteiger partial charge >= 0.3 is 0 Å². The van der Waals surface area contributed by atoms with Crippen LogP contribution in [0, 0.1) is 0 Å². The molecule has 1 atom stereocenters. The Bertz CT molecular complexity index is 384. The van der Waals surface area contributed by atoms with E-state index in [1.807, 2.05) is 13.0 Å². The third-order valence-electron chi connectivity index (χ3n) is 3.58. The monoisotopic (exact) mass is 311 g/mol. The summed E-state index contributed by atoms with van der Waals surface area (Å²) in [6, 6.07) is 6.22. The molecule has 0 heterocycles. The van der Waals surface area contributed by atoms with Crippen LogP contribution in [0.2, 0.25) is 0 Å². The minimum absolute atomic E-state index is 0.0632. The Morgan fingerprint density at radius 1 is 1.22 bits per heavy atom. The van der Waals surface area contributed by atoms with Gasteiger partial charge in [-0.3, -0.25) is 0 Å². The second-order valence-corrected chi connectivity index (χ2v) is 6.06. The molecule has 0 radical (unpaired) electrons. The number of rotatable bonds is 3. The van der Waals surface area contributed by atoms with Gasteiger partial charge in [0.25, 0.3) is 0 Å². The predicted molar refractivity (Wildman–Crippen MR) is 78.9 cm³/mol. The highest BCUT2D eigenvalue weighted by molar-refractivity contribution is 9.10. The van der Waals surface area contributed by atoms with E-state index >= 15 is 0 Å². The Kier molecular flexibility index (Phi) is 5.07. The van der Waals surface area contributed by atoms with Crippen LogP contribution in [0.1, 0.15) is 57.1 Å². The molecule has 0 amide bonds. The van der Waals surface area contributed by atoms with Gasteiger partial charge in [0, 0.05) is 6.04 Å². The topological polar surface area (TPSA) is 35.2 Å².